The number of nitrogens with zero attached hydrogens (tertiary/aromatic N) is 5. The zero-order chi connectivity index (χ0) is 28.8. The van der Waals surface area contributed by atoms with E-state index in [1.54, 1.807) is 22.5 Å². The first kappa shape index (κ1) is 29.4. The number of nitriles is 1. The minimum absolute atomic E-state index is 0.0775. The molecule has 2 saturated heterocycles. The second-order valence-electron chi connectivity index (χ2n) is 9.75. The highest BCUT2D eigenvalue weighted by atomic mass is 32.2. The number of aliphatic carboxylic acids is 1. The number of amides is 1. The molecule has 0 spiro atoms. The van der Waals surface area contributed by atoms with Crippen LogP contribution in [0.25, 0.3) is 6.08 Å². The fourth-order valence-electron chi connectivity index (χ4n) is 5.14. The lowest BCUT2D eigenvalue weighted by Gasteiger charge is -2.39. The molecule has 0 radical (unpaired) electrons. The van der Waals surface area contributed by atoms with Gasteiger partial charge in [-0.3, -0.25) is 23.9 Å². The van der Waals surface area contributed by atoms with Gasteiger partial charge in [0.2, 0.25) is 0 Å². The number of piperazine rings is 1. The molecule has 210 valence electrons. The summed E-state index contributed by atoms with van der Waals surface area (Å²) in [5.41, 5.74) is 2.14. The summed E-state index contributed by atoms with van der Waals surface area (Å²) in [5, 5.41) is 18.7. The number of carboxylic acid groups (broad SMARTS) is 1. The van der Waals surface area contributed by atoms with Crippen LogP contribution in [0.2, 0.25) is 0 Å². The molecule has 0 saturated carbocycles. The van der Waals surface area contributed by atoms with E-state index in [2.05, 4.69) is 28.0 Å². The van der Waals surface area contributed by atoms with Gasteiger partial charge in [0.05, 0.1) is 4.91 Å². The number of thiocarbonyl (C=S) groups is 1. The highest BCUT2D eigenvalue weighted by molar-refractivity contribution is 8.26. The summed E-state index contributed by atoms with van der Waals surface area (Å²) in [6.07, 6.45) is 3.78. The first-order valence-corrected chi connectivity index (χ1v) is 14.7. The predicted molar refractivity (Wildman–Crippen MR) is 163 cm³/mol. The minimum atomic E-state index is -0.827. The van der Waals surface area contributed by atoms with Crippen LogP contribution in [0.3, 0.4) is 0 Å². The Morgan fingerprint density at radius 3 is 2.40 bits per heavy atom. The summed E-state index contributed by atoms with van der Waals surface area (Å²) in [7, 11) is 0. The Morgan fingerprint density at radius 1 is 1.10 bits per heavy atom. The van der Waals surface area contributed by atoms with Crippen LogP contribution in [0.15, 0.2) is 40.0 Å². The van der Waals surface area contributed by atoms with Gasteiger partial charge in [-0.15, -0.1) is 0 Å². The monoisotopic (exact) mass is 579 g/mol. The highest BCUT2D eigenvalue weighted by Crippen LogP contribution is 2.36. The lowest BCUT2D eigenvalue weighted by molar-refractivity contribution is -0.137. The summed E-state index contributed by atoms with van der Waals surface area (Å²) in [5.74, 6) is -0.317. The van der Waals surface area contributed by atoms with Gasteiger partial charge in [-0.05, 0) is 50.5 Å². The van der Waals surface area contributed by atoms with Crippen LogP contribution in [-0.2, 0) is 16.1 Å². The average Bonchev–Trinajstić information content (AvgIpc) is 3.22. The smallest absolute Gasteiger partial charge is 0.303 e. The number of carbonyl (C=O) groups is 2. The summed E-state index contributed by atoms with van der Waals surface area (Å²) >= 11 is 6.72. The molecule has 1 N–H and O–H groups in total. The molecule has 0 unspecified atom stereocenters. The number of pyridine rings is 1. The Hall–Kier alpha value is -3.62. The van der Waals surface area contributed by atoms with E-state index in [0.29, 0.717) is 65.8 Å². The highest BCUT2D eigenvalue weighted by Gasteiger charge is 2.33. The molecular weight excluding hydrogens is 546 g/mol. The van der Waals surface area contributed by atoms with Crippen LogP contribution in [0.4, 0.5) is 11.5 Å². The first-order chi connectivity index (χ1) is 19.3. The SMILES string of the molecule is CCn1c(N2CCN(c3ccccc3)CC2)c(/C=C2\SC(=S)N(CCCCCC(=O)O)C2=O)c(C)c(C#N)c1=O. The van der Waals surface area contributed by atoms with E-state index in [1.807, 2.05) is 25.1 Å². The molecule has 2 aliphatic rings. The first-order valence-electron chi connectivity index (χ1n) is 13.5. The van der Waals surface area contributed by atoms with E-state index < -0.39 is 5.97 Å². The Balaban J connectivity index is 1.64. The van der Waals surface area contributed by atoms with Gasteiger partial charge in [0, 0.05) is 56.9 Å². The van der Waals surface area contributed by atoms with Crippen molar-refractivity contribution in [3.63, 3.8) is 0 Å². The molecule has 11 heteroatoms. The number of hydrogen-bond donors (Lipinski definition) is 1. The van der Waals surface area contributed by atoms with Crippen molar-refractivity contribution in [1.29, 1.82) is 5.26 Å². The summed E-state index contributed by atoms with van der Waals surface area (Å²) in [4.78, 5) is 43.9. The number of carboxylic acids is 1. The molecule has 2 fully saturated rings. The third kappa shape index (κ3) is 6.24. The lowest BCUT2D eigenvalue weighted by Crippen LogP contribution is -2.48. The second kappa shape index (κ2) is 13.2. The van der Waals surface area contributed by atoms with Crippen LogP contribution >= 0.6 is 24.0 Å². The van der Waals surface area contributed by atoms with Gasteiger partial charge in [-0.1, -0.05) is 48.6 Å². The van der Waals surface area contributed by atoms with Gasteiger partial charge in [0.25, 0.3) is 11.5 Å². The molecule has 0 bridgehead atoms. The quantitative estimate of drug-likeness (QED) is 0.251. The molecule has 2 aromatic rings. The van der Waals surface area contributed by atoms with Crippen molar-refractivity contribution in [2.75, 3.05) is 42.5 Å². The zero-order valence-corrected chi connectivity index (χ0v) is 24.4. The fraction of sp³-hybridized carbons (Fsp3) is 0.414. The Morgan fingerprint density at radius 2 is 1.77 bits per heavy atom. The zero-order valence-electron chi connectivity index (χ0n) is 22.8. The van der Waals surface area contributed by atoms with Gasteiger partial charge in [0.1, 0.15) is 21.8 Å². The molecule has 4 rings (SSSR count). The van der Waals surface area contributed by atoms with Crippen molar-refractivity contribution in [1.82, 2.24) is 9.47 Å². The normalized spacial score (nSPS) is 16.6. The van der Waals surface area contributed by atoms with Crippen LogP contribution in [0.1, 0.15) is 49.3 Å². The van der Waals surface area contributed by atoms with Gasteiger partial charge in [-0.25, -0.2) is 0 Å². The van der Waals surface area contributed by atoms with Gasteiger partial charge in [-0.2, -0.15) is 5.26 Å². The maximum absolute atomic E-state index is 13.4. The molecule has 0 atom stereocenters. The number of carbonyl (C=O) groups excluding carboxylic acids is 1. The number of para-hydroxylation sites is 1. The summed E-state index contributed by atoms with van der Waals surface area (Å²) in [6.45, 7) is 7.35. The number of hydrogen-bond acceptors (Lipinski definition) is 8. The maximum Gasteiger partial charge on any atom is 0.303 e. The van der Waals surface area contributed by atoms with Crippen molar-refractivity contribution in [3.05, 3.63) is 62.3 Å². The van der Waals surface area contributed by atoms with Crippen LogP contribution in [-0.4, -0.2) is 63.5 Å². The Kier molecular flexibility index (Phi) is 9.66. The Bertz CT molecular complexity index is 1420. The van der Waals surface area contributed by atoms with Crippen molar-refractivity contribution in [2.24, 2.45) is 0 Å². The third-order valence-corrected chi connectivity index (χ3v) is 8.66. The average molecular weight is 580 g/mol. The van der Waals surface area contributed by atoms with E-state index in [9.17, 15) is 19.6 Å². The second-order valence-corrected chi connectivity index (χ2v) is 11.4. The van der Waals surface area contributed by atoms with E-state index >= 15 is 0 Å². The largest absolute Gasteiger partial charge is 0.481 e. The van der Waals surface area contributed by atoms with Crippen LogP contribution in [0, 0.1) is 18.3 Å². The molecular formula is C29H33N5O4S2. The number of unbranched alkanes of at least 4 members (excludes halogenated alkanes) is 2. The number of rotatable bonds is 10. The predicted octanol–water partition coefficient (Wildman–Crippen LogP) is 4.22. The lowest BCUT2D eigenvalue weighted by atomic mass is 10.0. The van der Waals surface area contributed by atoms with Gasteiger partial charge >= 0.3 is 5.97 Å². The molecule has 1 aromatic heterocycles. The van der Waals surface area contributed by atoms with Gasteiger partial charge in [0.15, 0.2) is 0 Å². The molecule has 3 heterocycles. The number of aromatic nitrogens is 1. The number of anilines is 2. The van der Waals surface area contributed by atoms with Crippen LogP contribution < -0.4 is 15.4 Å². The molecule has 2 aliphatic heterocycles. The van der Waals surface area contributed by atoms with Gasteiger partial charge < -0.3 is 14.9 Å². The van der Waals surface area contributed by atoms with E-state index in [-0.39, 0.29) is 23.5 Å². The van der Waals surface area contributed by atoms with E-state index in [4.69, 9.17) is 17.3 Å². The maximum atomic E-state index is 13.4. The van der Waals surface area contributed by atoms with Crippen LogP contribution in [0.5, 0.6) is 0 Å². The van der Waals surface area contributed by atoms with Crippen molar-refractivity contribution in [2.45, 2.75) is 46.1 Å². The molecule has 40 heavy (non-hydrogen) atoms. The summed E-state index contributed by atoms with van der Waals surface area (Å²) < 4.78 is 2.09. The standard InChI is InChI=1S/C29H33N5O4S2/c1-3-33-26(32-16-14-31(15-17-32)21-10-6-4-7-11-21)22(20(2)23(19-30)27(33)37)18-24-28(38)34(29(39)40-24)13-9-5-8-12-25(35)36/h4,6-7,10-11,18H,3,5,8-9,12-17H2,1-2H3,(H,35,36)/b24-18-. The molecule has 9 nitrogen and oxygen atoms in total. The molecule has 1 amide bonds. The number of thioether (sulfide) groups is 1. The molecule has 0 aliphatic carbocycles. The molecule has 1 aromatic carbocycles. The van der Waals surface area contributed by atoms with E-state index in [1.165, 1.54) is 11.8 Å². The topological polar surface area (TPSA) is 110 Å². The van der Waals surface area contributed by atoms with Crippen molar-refractivity contribution < 1.29 is 14.7 Å². The van der Waals surface area contributed by atoms with E-state index in [0.717, 1.165) is 24.6 Å². The summed E-state index contributed by atoms with van der Waals surface area (Å²) in [6, 6.07) is 12.3. The van der Waals surface area contributed by atoms with Crippen molar-refractivity contribution in [3.8, 4) is 6.07 Å². The fourth-order valence-corrected chi connectivity index (χ4v) is 6.43. The minimum Gasteiger partial charge on any atom is -0.481 e. The van der Waals surface area contributed by atoms with Crippen molar-refractivity contribution >= 4 is 57.8 Å². The third-order valence-electron chi connectivity index (χ3n) is 7.28. The Labute approximate surface area is 243 Å². The number of benzene rings is 1.